The van der Waals surface area contributed by atoms with Crippen molar-refractivity contribution in [3.63, 3.8) is 0 Å². The molecule has 1 aliphatic rings. The number of aryl methyl sites for hydroxylation is 1. The first kappa shape index (κ1) is 16.9. The second kappa shape index (κ2) is 7.29. The molecule has 7 heteroatoms. The Labute approximate surface area is 145 Å². The van der Waals surface area contributed by atoms with Crippen molar-refractivity contribution in [1.82, 2.24) is 10.3 Å². The predicted octanol–water partition coefficient (Wildman–Crippen LogP) is 2.83. The molecule has 0 spiro atoms. The van der Waals surface area contributed by atoms with Crippen molar-refractivity contribution < 1.29 is 9.72 Å². The third kappa shape index (κ3) is 3.93. The molecule has 0 bridgehead atoms. The van der Waals surface area contributed by atoms with Crippen LogP contribution < -0.4 is 10.2 Å². The second-order valence-corrected chi connectivity index (χ2v) is 6.16. The Morgan fingerprint density at radius 1 is 1.28 bits per heavy atom. The molecular weight excluding hydrogens is 320 g/mol. The van der Waals surface area contributed by atoms with E-state index in [-0.39, 0.29) is 17.2 Å². The number of hydrogen-bond donors (Lipinski definition) is 1. The van der Waals surface area contributed by atoms with E-state index in [0.29, 0.717) is 12.1 Å². The Balaban J connectivity index is 1.62. The first-order valence-corrected chi connectivity index (χ1v) is 8.28. The van der Waals surface area contributed by atoms with Gasteiger partial charge < -0.3 is 10.2 Å². The van der Waals surface area contributed by atoms with E-state index < -0.39 is 4.92 Å². The van der Waals surface area contributed by atoms with Crippen molar-refractivity contribution in [2.45, 2.75) is 26.3 Å². The maximum atomic E-state index is 12.2. The molecule has 1 aliphatic heterocycles. The van der Waals surface area contributed by atoms with Crippen LogP contribution in [0.15, 0.2) is 36.5 Å². The van der Waals surface area contributed by atoms with Gasteiger partial charge in [0, 0.05) is 43.0 Å². The summed E-state index contributed by atoms with van der Waals surface area (Å²) in [6.07, 6.45) is 4.15. The lowest BCUT2D eigenvalue weighted by Gasteiger charge is -2.16. The fourth-order valence-electron chi connectivity index (χ4n) is 2.89. The van der Waals surface area contributed by atoms with Crippen LogP contribution in [0.5, 0.6) is 0 Å². The number of hydrogen-bond acceptors (Lipinski definition) is 5. The molecule has 0 atom stereocenters. The summed E-state index contributed by atoms with van der Waals surface area (Å²) in [5.41, 5.74) is 1.64. The number of pyridine rings is 1. The van der Waals surface area contributed by atoms with Gasteiger partial charge in [-0.15, -0.1) is 0 Å². The number of anilines is 1. The van der Waals surface area contributed by atoms with Gasteiger partial charge in [-0.05, 0) is 37.5 Å². The zero-order chi connectivity index (χ0) is 17.8. The standard InChI is InChI=1S/C18H20N4O3/c1-13-4-6-15(10-16(13)22(24)25)18(23)20-12-14-5-7-17(19-11-14)21-8-2-3-9-21/h4-7,10-11H,2-3,8-9,12H2,1H3,(H,20,23). The van der Waals surface area contributed by atoms with Crippen molar-refractivity contribution in [2.24, 2.45) is 0 Å². The van der Waals surface area contributed by atoms with Crippen molar-refractivity contribution in [3.05, 3.63) is 63.3 Å². The van der Waals surface area contributed by atoms with Gasteiger partial charge in [0.25, 0.3) is 11.6 Å². The summed E-state index contributed by atoms with van der Waals surface area (Å²) in [6.45, 7) is 4.05. The number of nitrogens with zero attached hydrogens (tertiary/aromatic N) is 3. The normalized spacial score (nSPS) is 13.7. The summed E-state index contributed by atoms with van der Waals surface area (Å²) in [7, 11) is 0. The summed E-state index contributed by atoms with van der Waals surface area (Å²) in [4.78, 5) is 29.4. The van der Waals surface area contributed by atoms with Gasteiger partial charge in [-0.3, -0.25) is 14.9 Å². The van der Waals surface area contributed by atoms with E-state index in [1.54, 1.807) is 25.3 Å². The van der Waals surface area contributed by atoms with Gasteiger partial charge in [0.1, 0.15) is 5.82 Å². The number of aromatic nitrogens is 1. The van der Waals surface area contributed by atoms with E-state index in [4.69, 9.17) is 0 Å². The monoisotopic (exact) mass is 340 g/mol. The molecule has 1 fully saturated rings. The van der Waals surface area contributed by atoms with E-state index in [1.807, 2.05) is 12.1 Å². The lowest BCUT2D eigenvalue weighted by molar-refractivity contribution is -0.385. The van der Waals surface area contributed by atoms with Crippen molar-refractivity contribution in [2.75, 3.05) is 18.0 Å². The van der Waals surface area contributed by atoms with Crippen LogP contribution in [0.2, 0.25) is 0 Å². The largest absolute Gasteiger partial charge is 0.357 e. The highest BCUT2D eigenvalue weighted by Crippen LogP contribution is 2.20. The van der Waals surface area contributed by atoms with E-state index in [1.165, 1.54) is 18.9 Å². The predicted molar refractivity (Wildman–Crippen MR) is 94.7 cm³/mol. The molecule has 3 rings (SSSR count). The molecule has 0 radical (unpaired) electrons. The smallest absolute Gasteiger partial charge is 0.273 e. The number of benzene rings is 1. The van der Waals surface area contributed by atoms with Crippen LogP contribution in [0.4, 0.5) is 11.5 Å². The molecule has 0 unspecified atom stereocenters. The molecule has 1 N–H and O–H groups in total. The number of amides is 1. The Morgan fingerprint density at radius 3 is 2.68 bits per heavy atom. The van der Waals surface area contributed by atoms with E-state index in [2.05, 4.69) is 15.2 Å². The third-order valence-corrected chi connectivity index (χ3v) is 4.36. The minimum Gasteiger partial charge on any atom is -0.357 e. The molecule has 0 saturated carbocycles. The summed E-state index contributed by atoms with van der Waals surface area (Å²) >= 11 is 0. The number of nitro groups is 1. The quantitative estimate of drug-likeness (QED) is 0.668. The maximum Gasteiger partial charge on any atom is 0.273 e. The van der Waals surface area contributed by atoms with Gasteiger partial charge in [-0.25, -0.2) is 4.98 Å². The zero-order valence-electron chi connectivity index (χ0n) is 14.1. The van der Waals surface area contributed by atoms with Gasteiger partial charge in [0.15, 0.2) is 0 Å². The van der Waals surface area contributed by atoms with Gasteiger partial charge in [0.05, 0.1) is 4.92 Å². The molecule has 1 aromatic heterocycles. The maximum absolute atomic E-state index is 12.2. The Bertz CT molecular complexity index is 783. The average molecular weight is 340 g/mol. The highest BCUT2D eigenvalue weighted by atomic mass is 16.6. The minimum atomic E-state index is -0.479. The van der Waals surface area contributed by atoms with Crippen LogP contribution in [0.1, 0.15) is 34.3 Å². The van der Waals surface area contributed by atoms with Crippen LogP contribution in [-0.2, 0) is 6.54 Å². The van der Waals surface area contributed by atoms with Crippen LogP contribution in [0.25, 0.3) is 0 Å². The first-order valence-electron chi connectivity index (χ1n) is 8.28. The Hall–Kier alpha value is -2.96. The van der Waals surface area contributed by atoms with Gasteiger partial charge in [-0.1, -0.05) is 12.1 Å². The molecule has 1 saturated heterocycles. The fourth-order valence-corrected chi connectivity index (χ4v) is 2.89. The number of nitrogens with one attached hydrogen (secondary N) is 1. The van der Waals surface area contributed by atoms with E-state index >= 15 is 0 Å². The topological polar surface area (TPSA) is 88.4 Å². The third-order valence-electron chi connectivity index (χ3n) is 4.36. The summed E-state index contributed by atoms with van der Waals surface area (Å²) in [5, 5.41) is 13.8. The molecule has 130 valence electrons. The zero-order valence-corrected chi connectivity index (χ0v) is 14.1. The van der Waals surface area contributed by atoms with Crippen LogP contribution in [0.3, 0.4) is 0 Å². The summed E-state index contributed by atoms with van der Waals surface area (Å²) in [6, 6.07) is 8.38. The second-order valence-electron chi connectivity index (χ2n) is 6.16. The highest BCUT2D eigenvalue weighted by molar-refractivity contribution is 5.94. The molecule has 7 nitrogen and oxygen atoms in total. The minimum absolute atomic E-state index is 0.0516. The van der Waals surface area contributed by atoms with Gasteiger partial charge in [0.2, 0.25) is 0 Å². The molecule has 1 aromatic carbocycles. The average Bonchev–Trinajstić information content (AvgIpc) is 3.15. The SMILES string of the molecule is Cc1ccc(C(=O)NCc2ccc(N3CCCC3)nc2)cc1[N+](=O)[O-]. The Morgan fingerprint density at radius 2 is 2.04 bits per heavy atom. The highest BCUT2D eigenvalue weighted by Gasteiger charge is 2.15. The lowest BCUT2D eigenvalue weighted by Crippen LogP contribution is -2.23. The van der Waals surface area contributed by atoms with Gasteiger partial charge in [-0.2, -0.15) is 0 Å². The molecular formula is C18H20N4O3. The summed E-state index contributed by atoms with van der Waals surface area (Å²) in [5.74, 6) is 0.619. The van der Waals surface area contributed by atoms with Crippen molar-refractivity contribution in [1.29, 1.82) is 0 Å². The molecule has 2 aromatic rings. The fraction of sp³-hybridized carbons (Fsp3) is 0.333. The summed E-state index contributed by atoms with van der Waals surface area (Å²) < 4.78 is 0. The van der Waals surface area contributed by atoms with Crippen molar-refractivity contribution in [3.8, 4) is 0 Å². The molecule has 2 heterocycles. The van der Waals surface area contributed by atoms with Crippen molar-refractivity contribution >= 4 is 17.4 Å². The lowest BCUT2D eigenvalue weighted by atomic mass is 10.1. The van der Waals surface area contributed by atoms with E-state index in [9.17, 15) is 14.9 Å². The van der Waals surface area contributed by atoms with Crippen LogP contribution >= 0.6 is 0 Å². The van der Waals surface area contributed by atoms with E-state index in [0.717, 1.165) is 24.5 Å². The number of carbonyl (C=O) groups is 1. The molecule has 25 heavy (non-hydrogen) atoms. The number of rotatable bonds is 5. The van der Waals surface area contributed by atoms with Crippen LogP contribution in [0, 0.1) is 17.0 Å². The molecule has 0 aliphatic carbocycles. The van der Waals surface area contributed by atoms with Crippen LogP contribution in [-0.4, -0.2) is 28.9 Å². The number of carbonyl (C=O) groups excluding carboxylic acids is 1. The van der Waals surface area contributed by atoms with Gasteiger partial charge >= 0.3 is 0 Å². The Kier molecular flexibility index (Phi) is 4.92. The molecule has 1 amide bonds. The first-order chi connectivity index (χ1) is 12.0. The number of nitro benzene ring substituents is 1.